The van der Waals surface area contributed by atoms with E-state index in [1.807, 2.05) is 0 Å². The molecule has 1 aliphatic carbocycles. The highest BCUT2D eigenvalue weighted by atomic mass is 16.5. The minimum Gasteiger partial charge on any atom is -0.377 e. The molecule has 1 heterocycles. The standard InChI is InChI=1S/C10H17N3O3/c11-6-10(1-2-10)9(15)13-3-4-16-5-7(13)8(12)14/h7H,1-6,11H2,(H2,12,14). The van der Waals surface area contributed by atoms with Gasteiger partial charge in [-0.25, -0.2) is 0 Å². The van der Waals surface area contributed by atoms with E-state index in [0.717, 1.165) is 12.8 Å². The molecule has 1 saturated heterocycles. The zero-order chi connectivity index (χ0) is 11.8. The number of hydrogen-bond donors (Lipinski definition) is 2. The summed E-state index contributed by atoms with van der Waals surface area (Å²) in [7, 11) is 0. The van der Waals surface area contributed by atoms with E-state index in [-0.39, 0.29) is 12.5 Å². The number of nitrogens with zero attached hydrogens (tertiary/aromatic N) is 1. The van der Waals surface area contributed by atoms with Crippen LogP contribution in [0.15, 0.2) is 0 Å². The quantitative estimate of drug-likeness (QED) is 0.609. The fourth-order valence-corrected chi connectivity index (χ4v) is 2.04. The molecule has 2 amide bonds. The molecule has 0 bridgehead atoms. The minimum absolute atomic E-state index is 0.0397. The Hall–Kier alpha value is -1.14. The molecule has 2 aliphatic rings. The summed E-state index contributed by atoms with van der Waals surface area (Å²) in [6.07, 6.45) is 1.62. The zero-order valence-electron chi connectivity index (χ0n) is 9.15. The van der Waals surface area contributed by atoms with Crippen molar-refractivity contribution in [3.05, 3.63) is 0 Å². The maximum Gasteiger partial charge on any atom is 0.242 e. The summed E-state index contributed by atoms with van der Waals surface area (Å²) in [6, 6.07) is -0.634. The monoisotopic (exact) mass is 227 g/mol. The number of ether oxygens (including phenoxy) is 1. The van der Waals surface area contributed by atoms with Crippen LogP contribution in [0.2, 0.25) is 0 Å². The maximum absolute atomic E-state index is 12.2. The van der Waals surface area contributed by atoms with Gasteiger partial charge in [-0.05, 0) is 12.8 Å². The molecule has 1 saturated carbocycles. The lowest BCUT2D eigenvalue weighted by Crippen LogP contribution is -2.57. The first-order chi connectivity index (χ1) is 7.60. The van der Waals surface area contributed by atoms with Crippen LogP contribution >= 0.6 is 0 Å². The van der Waals surface area contributed by atoms with E-state index in [0.29, 0.717) is 19.7 Å². The summed E-state index contributed by atoms with van der Waals surface area (Å²) >= 11 is 0. The van der Waals surface area contributed by atoms with Gasteiger partial charge in [-0.15, -0.1) is 0 Å². The molecule has 0 radical (unpaired) electrons. The van der Waals surface area contributed by atoms with Crippen molar-refractivity contribution in [1.29, 1.82) is 0 Å². The van der Waals surface area contributed by atoms with Crippen LogP contribution in [0.5, 0.6) is 0 Å². The molecule has 16 heavy (non-hydrogen) atoms. The first-order valence-corrected chi connectivity index (χ1v) is 5.49. The van der Waals surface area contributed by atoms with Gasteiger partial charge >= 0.3 is 0 Å². The van der Waals surface area contributed by atoms with Gasteiger partial charge in [0.15, 0.2) is 0 Å². The van der Waals surface area contributed by atoms with Gasteiger partial charge in [0.1, 0.15) is 6.04 Å². The first kappa shape index (κ1) is 11.3. The summed E-state index contributed by atoms with van der Waals surface area (Å²) in [5.41, 5.74) is 10.4. The Morgan fingerprint density at radius 1 is 1.44 bits per heavy atom. The van der Waals surface area contributed by atoms with Gasteiger partial charge in [-0.3, -0.25) is 9.59 Å². The second kappa shape index (κ2) is 4.03. The number of carbonyl (C=O) groups excluding carboxylic acids is 2. The largest absolute Gasteiger partial charge is 0.377 e. The molecule has 2 fully saturated rings. The van der Waals surface area contributed by atoms with Crippen LogP contribution < -0.4 is 11.5 Å². The molecule has 4 N–H and O–H groups in total. The number of amides is 2. The Morgan fingerprint density at radius 3 is 2.62 bits per heavy atom. The van der Waals surface area contributed by atoms with E-state index in [2.05, 4.69) is 0 Å². The highest BCUT2D eigenvalue weighted by Gasteiger charge is 2.52. The van der Waals surface area contributed by atoms with Crippen molar-refractivity contribution in [2.75, 3.05) is 26.3 Å². The van der Waals surface area contributed by atoms with Crippen LogP contribution in [0.3, 0.4) is 0 Å². The lowest BCUT2D eigenvalue weighted by atomic mass is 10.0. The van der Waals surface area contributed by atoms with E-state index < -0.39 is 17.4 Å². The average Bonchev–Trinajstić information content (AvgIpc) is 3.09. The van der Waals surface area contributed by atoms with Gasteiger partial charge in [-0.1, -0.05) is 0 Å². The second-order valence-electron chi connectivity index (χ2n) is 4.48. The summed E-state index contributed by atoms with van der Waals surface area (Å²) in [4.78, 5) is 25.0. The van der Waals surface area contributed by atoms with E-state index in [4.69, 9.17) is 16.2 Å². The van der Waals surface area contributed by atoms with Gasteiger partial charge < -0.3 is 21.1 Å². The van der Waals surface area contributed by atoms with Crippen molar-refractivity contribution in [3.8, 4) is 0 Å². The van der Waals surface area contributed by atoms with E-state index in [1.54, 1.807) is 0 Å². The third-order valence-electron chi connectivity index (χ3n) is 3.42. The topological polar surface area (TPSA) is 98.7 Å². The Labute approximate surface area is 93.9 Å². The van der Waals surface area contributed by atoms with Crippen molar-refractivity contribution in [1.82, 2.24) is 4.90 Å². The highest BCUT2D eigenvalue weighted by Crippen LogP contribution is 2.46. The summed E-state index contributed by atoms with van der Waals surface area (Å²) in [6.45, 7) is 1.42. The normalized spacial score (nSPS) is 27.6. The zero-order valence-corrected chi connectivity index (χ0v) is 9.15. The lowest BCUT2D eigenvalue weighted by Gasteiger charge is -2.35. The number of primary amides is 1. The highest BCUT2D eigenvalue weighted by molar-refractivity contribution is 5.91. The Bertz CT molecular complexity index is 314. The number of hydrogen-bond acceptors (Lipinski definition) is 4. The number of morpholine rings is 1. The minimum atomic E-state index is -0.634. The van der Waals surface area contributed by atoms with Gasteiger partial charge in [0.2, 0.25) is 11.8 Å². The van der Waals surface area contributed by atoms with Gasteiger partial charge in [0.25, 0.3) is 0 Å². The molecule has 2 rings (SSSR count). The lowest BCUT2D eigenvalue weighted by molar-refractivity contribution is -0.151. The molecular formula is C10H17N3O3. The molecular weight excluding hydrogens is 210 g/mol. The van der Waals surface area contributed by atoms with Crippen molar-refractivity contribution < 1.29 is 14.3 Å². The Kier molecular flexibility index (Phi) is 2.86. The van der Waals surface area contributed by atoms with Gasteiger partial charge in [0.05, 0.1) is 18.6 Å². The third-order valence-corrected chi connectivity index (χ3v) is 3.42. The maximum atomic E-state index is 12.2. The van der Waals surface area contributed by atoms with Crippen molar-refractivity contribution >= 4 is 11.8 Å². The Morgan fingerprint density at radius 2 is 2.12 bits per heavy atom. The first-order valence-electron chi connectivity index (χ1n) is 5.49. The van der Waals surface area contributed by atoms with Crippen LogP contribution in [0.25, 0.3) is 0 Å². The Balaban J connectivity index is 2.11. The summed E-state index contributed by atoms with van der Waals surface area (Å²) in [5, 5.41) is 0. The number of rotatable bonds is 3. The fraction of sp³-hybridized carbons (Fsp3) is 0.800. The van der Waals surface area contributed by atoms with Gasteiger partial charge in [-0.2, -0.15) is 0 Å². The van der Waals surface area contributed by atoms with E-state index in [1.165, 1.54) is 4.90 Å². The number of carbonyl (C=O) groups is 2. The molecule has 1 aliphatic heterocycles. The van der Waals surface area contributed by atoms with Gasteiger partial charge in [0, 0.05) is 13.1 Å². The molecule has 1 atom stereocenters. The SMILES string of the molecule is NCC1(C(=O)N2CCOCC2C(N)=O)CC1. The molecule has 0 aromatic carbocycles. The van der Waals surface area contributed by atoms with Crippen molar-refractivity contribution in [2.24, 2.45) is 16.9 Å². The molecule has 90 valence electrons. The number of nitrogens with two attached hydrogens (primary N) is 2. The molecule has 0 spiro atoms. The van der Waals surface area contributed by atoms with Crippen LogP contribution in [-0.2, 0) is 14.3 Å². The smallest absolute Gasteiger partial charge is 0.242 e. The molecule has 0 aromatic heterocycles. The van der Waals surface area contributed by atoms with Crippen LogP contribution in [0, 0.1) is 5.41 Å². The molecule has 6 heteroatoms. The molecule has 1 unspecified atom stereocenters. The fourth-order valence-electron chi connectivity index (χ4n) is 2.04. The summed E-state index contributed by atoms with van der Waals surface area (Å²) in [5.74, 6) is -0.553. The van der Waals surface area contributed by atoms with Crippen LogP contribution in [0.4, 0.5) is 0 Å². The van der Waals surface area contributed by atoms with Crippen molar-refractivity contribution in [3.63, 3.8) is 0 Å². The summed E-state index contributed by atoms with van der Waals surface area (Å²) < 4.78 is 5.16. The van der Waals surface area contributed by atoms with Crippen LogP contribution in [0.1, 0.15) is 12.8 Å². The van der Waals surface area contributed by atoms with Crippen LogP contribution in [-0.4, -0.2) is 49.1 Å². The average molecular weight is 227 g/mol. The third kappa shape index (κ3) is 1.78. The van der Waals surface area contributed by atoms with E-state index in [9.17, 15) is 9.59 Å². The molecule has 0 aromatic rings. The predicted molar refractivity (Wildman–Crippen MR) is 56.2 cm³/mol. The van der Waals surface area contributed by atoms with E-state index >= 15 is 0 Å². The molecule has 6 nitrogen and oxygen atoms in total. The van der Waals surface area contributed by atoms with Crippen molar-refractivity contribution in [2.45, 2.75) is 18.9 Å². The predicted octanol–water partition coefficient (Wildman–Crippen LogP) is -1.56. The second-order valence-corrected chi connectivity index (χ2v) is 4.48.